The van der Waals surface area contributed by atoms with Crippen LogP contribution in [0.1, 0.15) is 27.8 Å². The van der Waals surface area contributed by atoms with E-state index in [0.29, 0.717) is 16.7 Å². The molecule has 0 spiro atoms. The van der Waals surface area contributed by atoms with E-state index >= 15 is 0 Å². The molecule has 0 aliphatic carbocycles. The quantitative estimate of drug-likeness (QED) is 0.0747. The van der Waals surface area contributed by atoms with Crippen molar-refractivity contribution in [3.63, 3.8) is 0 Å². The Morgan fingerprint density at radius 1 is 0.257 bits per heavy atom. The number of likely N-dealkylation sites (N-methyl/N-ethyl adjacent to an activating group) is 1. The molecule has 23 rings (SSSR count). The fraction of sp³-hybridized carbons (Fsp3) is 0.203. The van der Waals surface area contributed by atoms with Crippen LogP contribution in [-0.2, 0) is 29.1 Å². The Hall–Kier alpha value is -15.3. The minimum Gasteiger partial charge on any atom is -0.379 e. The van der Waals surface area contributed by atoms with Gasteiger partial charge in [0, 0.05) is 216 Å². The summed E-state index contributed by atoms with van der Waals surface area (Å²) in [5.74, 6) is -0.599. The molecule has 22 heteroatoms. The second-order valence-electron chi connectivity index (χ2n) is 36.1. The number of hydrogen-bond donors (Lipinski definition) is 0. The van der Waals surface area contributed by atoms with Crippen LogP contribution in [0.5, 0.6) is 0 Å². The van der Waals surface area contributed by atoms with Crippen LogP contribution in [0.4, 0.5) is 13.2 Å². The third kappa shape index (κ3) is 22.3. The van der Waals surface area contributed by atoms with E-state index in [2.05, 4.69) is 233 Å². The van der Waals surface area contributed by atoms with Gasteiger partial charge in [-0.1, -0.05) is 120 Å². The van der Waals surface area contributed by atoms with Crippen molar-refractivity contribution in [3.05, 3.63) is 387 Å². The van der Waals surface area contributed by atoms with Gasteiger partial charge in [-0.15, -0.1) is 0 Å². The first-order valence-electron chi connectivity index (χ1n) is 47.8. The molecule has 0 unspecified atom stereocenters. The molecule has 700 valence electrons. The van der Waals surface area contributed by atoms with Gasteiger partial charge in [-0.2, -0.15) is 0 Å². The predicted molar refractivity (Wildman–Crippen MR) is 558 cm³/mol. The van der Waals surface area contributed by atoms with Crippen molar-refractivity contribution in [2.24, 2.45) is 0 Å². The molecular weight excluding hydrogens is 1740 g/mol. The minimum absolute atomic E-state index is 0.197. The van der Waals surface area contributed by atoms with E-state index in [4.69, 9.17) is 14.5 Å². The van der Waals surface area contributed by atoms with Crippen LogP contribution in [-0.4, -0.2) is 189 Å². The first-order chi connectivity index (χ1) is 68.6. The summed E-state index contributed by atoms with van der Waals surface area (Å²) in [5.41, 5.74) is 31.7. The zero-order chi connectivity index (χ0) is 95.8. The van der Waals surface area contributed by atoms with Gasteiger partial charge in [0.1, 0.15) is 17.5 Å². The monoisotopic (exact) mass is 1850 g/mol. The largest absolute Gasteiger partial charge is 0.379 e. The zero-order valence-electron chi connectivity index (χ0n) is 79.6. The van der Waals surface area contributed by atoms with Crippen LogP contribution in [0.3, 0.4) is 0 Å². The van der Waals surface area contributed by atoms with Gasteiger partial charge in [0.25, 0.3) is 0 Å². The summed E-state index contributed by atoms with van der Waals surface area (Å²) in [6.07, 6.45) is 29.6. The molecule has 3 aliphatic rings. The lowest BCUT2D eigenvalue weighted by Crippen LogP contribution is -2.45. The summed E-state index contributed by atoms with van der Waals surface area (Å²) in [6.45, 7) is 26.9. The minimum atomic E-state index is -0.203. The number of imidazole rings is 3. The summed E-state index contributed by atoms with van der Waals surface area (Å²) in [5, 5.41) is 4.46. The van der Waals surface area contributed by atoms with Crippen LogP contribution >= 0.6 is 0 Å². The number of halogens is 3. The topological polar surface area (TPSA) is 175 Å². The number of benzene rings is 10. The molecule has 0 bridgehead atoms. The number of pyridine rings is 7. The molecule has 3 aliphatic heterocycles. The number of ether oxygens (including phenoxy) is 2. The molecule has 3 fully saturated rings. The predicted octanol–water partition coefficient (Wildman–Crippen LogP) is 24.1. The molecule has 20 aromatic rings. The molecule has 10 aromatic heterocycles. The van der Waals surface area contributed by atoms with Crippen molar-refractivity contribution in [2.45, 2.75) is 54.3 Å². The molecule has 0 saturated carbocycles. The van der Waals surface area contributed by atoms with E-state index in [0.717, 1.165) is 245 Å². The third-order valence-electron chi connectivity index (χ3n) is 26.6. The van der Waals surface area contributed by atoms with Crippen LogP contribution < -0.4 is 0 Å². The first kappa shape index (κ1) is 93.7. The second kappa shape index (κ2) is 44.0. The standard InChI is InChI=1S/C26H28FN5.C25H25FN4O.C25H26N4O.C21H15FN2.C21H16N2/c1-19-16-21(5-7-23(19)27)26-22(4-3-9-28-26)20-6-8-24-25(17-20)32(18-29-24)15-14-31-12-10-30(2)11-13-31;1-18-4-5-19(13-23(18)26)21-14-24-25(15-22(21)20-3-2-6-27-16-20)30(17-28-24)8-7-29-9-11-31-12-10-29;1-19-4-6-20(7-5-19)22-15-24-25(16-23(22)21-3-2-8-26-17-21)29(18-27-24)10-9-28-11-13-30-14-12-28;1-14-4-5-16(11-21(14)22)19-10-18-13-24-8-6-15(18)9-20(19)17-3-2-7-23-12-17;1-15-4-6-16(7-5-15)20-12-19-14-23-10-8-17(19)11-21(20)18-3-2-9-22-13-18/h3-9,16-18H,10-15H2,1-2H3;2-6,13-17H,7-12H2,1H3;2-8,15-18H,9-14H2,1H3;2-13H,1H3;2-14H,1H3. The maximum absolute atomic E-state index is 14.3. The molecule has 0 N–H and O–H groups in total. The van der Waals surface area contributed by atoms with Gasteiger partial charge < -0.3 is 28.1 Å². The van der Waals surface area contributed by atoms with Gasteiger partial charge in [0.2, 0.25) is 0 Å². The Morgan fingerprint density at radius 3 is 1.06 bits per heavy atom. The molecule has 0 atom stereocenters. The number of rotatable bonds is 19. The lowest BCUT2D eigenvalue weighted by Gasteiger charge is -2.32. The molecule has 0 amide bonds. The highest BCUT2D eigenvalue weighted by Crippen LogP contribution is 2.42. The Balaban J connectivity index is 0.000000112. The Morgan fingerprint density at radius 2 is 0.621 bits per heavy atom. The number of aromatic nitrogens is 13. The van der Waals surface area contributed by atoms with Crippen molar-refractivity contribution in [3.8, 4) is 111 Å². The molecule has 0 radical (unpaired) electrons. The van der Waals surface area contributed by atoms with E-state index in [1.54, 1.807) is 70.0 Å². The number of nitrogens with zero attached hydrogens (tertiary/aromatic N) is 17. The number of hydrogen-bond acceptors (Lipinski definition) is 16. The van der Waals surface area contributed by atoms with Gasteiger partial charge in [-0.3, -0.25) is 49.6 Å². The fourth-order valence-electron chi connectivity index (χ4n) is 18.4. The van der Waals surface area contributed by atoms with Gasteiger partial charge in [0.15, 0.2) is 0 Å². The molecule has 10 aromatic carbocycles. The van der Waals surface area contributed by atoms with Crippen LogP contribution in [0.15, 0.2) is 342 Å². The average Bonchev–Trinajstić information content (AvgIpc) is 1.78. The molecule has 13 heterocycles. The zero-order valence-corrected chi connectivity index (χ0v) is 79.6. The molecule has 140 heavy (non-hydrogen) atoms. The highest BCUT2D eigenvalue weighted by Gasteiger charge is 2.23. The summed E-state index contributed by atoms with van der Waals surface area (Å²) in [7, 11) is 2.18. The second-order valence-corrected chi connectivity index (χ2v) is 36.1. The maximum Gasteiger partial charge on any atom is 0.126 e. The van der Waals surface area contributed by atoms with Crippen molar-refractivity contribution in [2.75, 3.05) is 105 Å². The maximum atomic E-state index is 14.3. The number of morpholine rings is 2. The SMILES string of the molecule is Cc1cc(-c2ncccc2-c2ccc3ncn(CCN4CCN(C)CC4)c3c2)ccc1F.Cc1ccc(-c2cc3cnccc3cc2-c2cccnc2)cc1.Cc1ccc(-c2cc3cnccc3cc2-c2cccnc2)cc1F.Cc1ccc(-c2cc3ncn(CCN4CCOCC4)c3cc2-c2cccnc2)cc1.Cc1ccc(-c2cc3ncn(CCN4CCOCC4)c3cc2-c2cccnc2)cc1F. The lowest BCUT2D eigenvalue weighted by molar-refractivity contribution is 0.0364. The van der Waals surface area contributed by atoms with E-state index in [1.165, 1.54) is 56.0 Å². The summed E-state index contributed by atoms with van der Waals surface area (Å²) < 4.78 is 59.9. The van der Waals surface area contributed by atoms with Crippen LogP contribution in [0.2, 0.25) is 0 Å². The van der Waals surface area contributed by atoms with E-state index < -0.39 is 0 Å². The van der Waals surface area contributed by atoms with Crippen molar-refractivity contribution in [1.29, 1.82) is 0 Å². The number of aryl methyl sites for hydroxylation is 5. The smallest absolute Gasteiger partial charge is 0.126 e. The highest BCUT2D eigenvalue weighted by atomic mass is 19.1. The molecular formula is C118H110F3N17O2. The average molecular weight is 1860 g/mol. The van der Waals surface area contributed by atoms with Crippen molar-refractivity contribution >= 4 is 54.6 Å². The molecule has 3 saturated heterocycles. The lowest BCUT2D eigenvalue weighted by atomic mass is 9.92. The van der Waals surface area contributed by atoms with Crippen molar-refractivity contribution in [1.82, 2.24) is 83.1 Å². The number of piperazine rings is 1. The van der Waals surface area contributed by atoms with Gasteiger partial charge in [-0.25, -0.2) is 28.1 Å². The summed E-state index contributed by atoms with van der Waals surface area (Å²) in [6, 6.07) is 81.1. The summed E-state index contributed by atoms with van der Waals surface area (Å²) in [4.78, 5) is 54.0. The van der Waals surface area contributed by atoms with Crippen LogP contribution in [0, 0.1) is 52.1 Å². The number of fused-ring (bicyclic) bond motifs is 5. The Bertz CT molecular complexity index is 7660. The third-order valence-corrected chi connectivity index (χ3v) is 26.6. The molecule has 19 nitrogen and oxygen atoms in total. The Labute approximate surface area is 814 Å². The first-order valence-corrected chi connectivity index (χ1v) is 47.8. The Kier molecular flexibility index (Phi) is 29.5. The van der Waals surface area contributed by atoms with Crippen LogP contribution in [0.25, 0.3) is 166 Å². The normalized spacial score (nSPS) is 13.7. The summed E-state index contributed by atoms with van der Waals surface area (Å²) >= 11 is 0. The van der Waals surface area contributed by atoms with Gasteiger partial charge >= 0.3 is 0 Å². The van der Waals surface area contributed by atoms with Gasteiger partial charge in [-0.05, 0) is 275 Å². The van der Waals surface area contributed by atoms with Gasteiger partial charge in [0.05, 0.1) is 84.2 Å². The van der Waals surface area contributed by atoms with Crippen molar-refractivity contribution < 1.29 is 22.6 Å². The fourth-order valence-corrected chi connectivity index (χ4v) is 18.4. The van der Waals surface area contributed by atoms with E-state index in [-0.39, 0.29) is 17.5 Å². The van der Waals surface area contributed by atoms with E-state index in [1.807, 2.05) is 153 Å². The highest BCUT2D eigenvalue weighted by molar-refractivity contribution is 5.99. The van der Waals surface area contributed by atoms with E-state index in [9.17, 15) is 13.2 Å².